The van der Waals surface area contributed by atoms with E-state index in [1.165, 1.54) is 11.8 Å². The van der Waals surface area contributed by atoms with Crippen LogP contribution in [0.15, 0.2) is 58.8 Å². The summed E-state index contributed by atoms with van der Waals surface area (Å²) in [5.74, 6) is 0.130. The van der Waals surface area contributed by atoms with Crippen molar-refractivity contribution >= 4 is 29.6 Å². The molecule has 0 fully saturated rings. The highest BCUT2D eigenvalue weighted by atomic mass is 32.2. The first kappa shape index (κ1) is 16.0. The Bertz CT molecular complexity index is 626. The first-order valence-corrected chi connectivity index (χ1v) is 7.77. The zero-order valence-electron chi connectivity index (χ0n) is 12.6. The van der Waals surface area contributed by atoms with Gasteiger partial charge < -0.3 is 4.90 Å². The number of carbonyl (C=O) groups excluding carboxylic acids is 1. The van der Waals surface area contributed by atoms with E-state index in [9.17, 15) is 4.79 Å². The van der Waals surface area contributed by atoms with E-state index in [0.717, 1.165) is 16.3 Å². The number of rotatable bonds is 6. The number of amides is 1. The molecular formula is C16H18N4OS. The van der Waals surface area contributed by atoms with Crippen LogP contribution in [0.4, 0.5) is 5.69 Å². The number of nitrogens with zero attached hydrogens (tertiary/aromatic N) is 3. The number of carbonyl (C=O) groups is 1. The number of hydrazone groups is 1. The maximum atomic E-state index is 11.7. The lowest BCUT2D eigenvalue weighted by Crippen LogP contribution is -2.19. The van der Waals surface area contributed by atoms with Crippen LogP contribution >= 0.6 is 11.8 Å². The lowest BCUT2D eigenvalue weighted by molar-refractivity contribution is -0.118. The Morgan fingerprint density at radius 1 is 1.27 bits per heavy atom. The summed E-state index contributed by atoms with van der Waals surface area (Å²) in [6.45, 7) is 0. The zero-order valence-corrected chi connectivity index (χ0v) is 13.4. The second-order valence-corrected chi connectivity index (χ2v) is 5.73. The standard InChI is InChI=1S/C16H18N4OS/c1-20(2)14-8-6-13(7-9-14)11-18-19-15(21)12-22-16-5-3-4-10-17-16/h3-11H,12H2,1-2H3,(H,19,21). The van der Waals surface area contributed by atoms with Crippen LogP contribution in [-0.2, 0) is 4.79 Å². The molecule has 5 nitrogen and oxygen atoms in total. The fraction of sp³-hybridized carbons (Fsp3) is 0.188. The highest BCUT2D eigenvalue weighted by molar-refractivity contribution is 7.99. The van der Waals surface area contributed by atoms with Crippen LogP contribution in [0.2, 0.25) is 0 Å². The fourth-order valence-electron chi connectivity index (χ4n) is 1.64. The minimum absolute atomic E-state index is 0.156. The number of pyridine rings is 1. The zero-order chi connectivity index (χ0) is 15.8. The number of anilines is 1. The predicted molar refractivity (Wildman–Crippen MR) is 91.5 cm³/mol. The number of nitrogens with one attached hydrogen (secondary N) is 1. The maximum absolute atomic E-state index is 11.7. The SMILES string of the molecule is CN(C)c1ccc(C=NNC(=O)CSc2ccccn2)cc1. The normalized spacial score (nSPS) is 10.6. The smallest absolute Gasteiger partial charge is 0.250 e. The Kier molecular flexibility index (Phi) is 5.97. The van der Waals surface area contributed by atoms with Crippen molar-refractivity contribution in [3.05, 3.63) is 54.2 Å². The van der Waals surface area contributed by atoms with Gasteiger partial charge in [-0.1, -0.05) is 30.0 Å². The van der Waals surface area contributed by atoms with Gasteiger partial charge in [-0.15, -0.1) is 0 Å². The van der Waals surface area contributed by atoms with Gasteiger partial charge in [0, 0.05) is 26.0 Å². The summed E-state index contributed by atoms with van der Waals surface area (Å²) in [5.41, 5.74) is 4.56. The highest BCUT2D eigenvalue weighted by Gasteiger charge is 2.01. The third-order valence-corrected chi connectivity index (χ3v) is 3.75. The third-order valence-electron chi connectivity index (χ3n) is 2.80. The number of benzene rings is 1. The summed E-state index contributed by atoms with van der Waals surface area (Å²) in [6, 6.07) is 13.5. The monoisotopic (exact) mass is 314 g/mol. The lowest BCUT2D eigenvalue weighted by Gasteiger charge is -2.11. The predicted octanol–water partition coefficient (Wildman–Crippen LogP) is 2.39. The van der Waals surface area contributed by atoms with Crippen LogP contribution in [0.25, 0.3) is 0 Å². The third kappa shape index (κ3) is 5.21. The molecule has 114 valence electrons. The molecule has 0 atom stereocenters. The molecule has 2 aromatic rings. The van der Waals surface area contributed by atoms with E-state index in [4.69, 9.17) is 0 Å². The van der Waals surface area contributed by atoms with E-state index in [-0.39, 0.29) is 11.7 Å². The summed E-state index contributed by atoms with van der Waals surface area (Å²) in [6.07, 6.45) is 3.33. The molecule has 0 radical (unpaired) electrons. The van der Waals surface area contributed by atoms with Crippen LogP contribution in [0.3, 0.4) is 0 Å². The average Bonchev–Trinajstić information content (AvgIpc) is 2.54. The van der Waals surface area contributed by atoms with E-state index in [1.54, 1.807) is 12.4 Å². The van der Waals surface area contributed by atoms with Crippen LogP contribution in [0.1, 0.15) is 5.56 Å². The molecule has 22 heavy (non-hydrogen) atoms. The Labute approximate surface area is 134 Å². The van der Waals surface area contributed by atoms with Gasteiger partial charge in [0.25, 0.3) is 0 Å². The molecule has 0 saturated heterocycles. The van der Waals surface area contributed by atoms with Crippen molar-refractivity contribution in [2.24, 2.45) is 5.10 Å². The molecule has 2 rings (SSSR count). The summed E-state index contributed by atoms with van der Waals surface area (Å²) >= 11 is 1.38. The van der Waals surface area contributed by atoms with Crippen LogP contribution < -0.4 is 10.3 Å². The van der Waals surface area contributed by atoms with Gasteiger partial charge in [0.05, 0.1) is 17.0 Å². The fourth-order valence-corrected chi connectivity index (χ4v) is 2.30. The molecule has 1 heterocycles. The van der Waals surface area contributed by atoms with Crippen LogP contribution in [0.5, 0.6) is 0 Å². The van der Waals surface area contributed by atoms with Crippen molar-refractivity contribution < 1.29 is 4.79 Å². The number of thioether (sulfide) groups is 1. The van der Waals surface area contributed by atoms with E-state index < -0.39 is 0 Å². The van der Waals surface area contributed by atoms with Gasteiger partial charge in [0.15, 0.2) is 0 Å². The average molecular weight is 314 g/mol. The second kappa shape index (κ2) is 8.19. The van der Waals surface area contributed by atoms with Crippen LogP contribution in [0, 0.1) is 0 Å². The molecule has 6 heteroatoms. The molecule has 1 aromatic heterocycles. The van der Waals surface area contributed by atoms with Gasteiger partial charge in [-0.3, -0.25) is 4.79 Å². The van der Waals surface area contributed by atoms with Gasteiger partial charge in [0.1, 0.15) is 0 Å². The Morgan fingerprint density at radius 3 is 2.68 bits per heavy atom. The summed E-state index contributed by atoms with van der Waals surface area (Å²) in [7, 11) is 3.98. The van der Waals surface area contributed by atoms with Gasteiger partial charge in [-0.2, -0.15) is 5.10 Å². The molecule has 0 spiro atoms. The molecule has 0 aliphatic rings. The molecule has 0 bridgehead atoms. The number of aromatic nitrogens is 1. The molecule has 1 N–H and O–H groups in total. The molecule has 1 aromatic carbocycles. The van der Waals surface area contributed by atoms with Crippen molar-refractivity contribution in [3.63, 3.8) is 0 Å². The second-order valence-electron chi connectivity index (χ2n) is 4.74. The van der Waals surface area contributed by atoms with Crippen LogP contribution in [-0.4, -0.2) is 37.0 Å². The molecule has 0 saturated carbocycles. The van der Waals surface area contributed by atoms with E-state index >= 15 is 0 Å². The summed E-state index contributed by atoms with van der Waals surface area (Å²) in [5, 5.41) is 4.78. The summed E-state index contributed by atoms with van der Waals surface area (Å²) in [4.78, 5) is 17.8. The van der Waals surface area contributed by atoms with E-state index in [0.29, 0.717) is 0 Å². The Balaban J connectivity index is 1.78. The van der Waals surface area contributed by atoms with Crippen molar-refractivity contribution in [3.8, 4) is 0 Å². The molecule has 0 aliphatic heterocycles. The Hall–Kier alpha value is -2.34. The van der Waals surface area contributed by atoms with Crippen molar-refractivity contribution in [1.82, 2.24) is 10.4 Å². The minimum atomic E-state index is -0.156. The first-order chi connectivity index (χ1) is 10.6. The van der Waals surface area contributed by atoms with E-state index in [2.05, 4.69) is 15.5 Å². The maximum Gasteiger partial charge on any atom is 0.250 e. The summed E-state index contributed by atoms with van der Waals surface area (Å²) < 4.78 is 0. The molecule has 0 aliphatic carbocycles. The quantitative estimate of drug-likeness (QED) is 0.505. The van der Waals surface area contributed by atoms with Gasteiger partial charge >= 0.3 is 0 Å². The van der Waals surface area contributed by atoms with Crippen molar-refractivity contribution in [2.75, 3.05) is 24.7 Å². The highest BCUT2D eigenvalue weighted by Crippen LogP contribution is 2.13. The first-order valence-electron chi connectivity index (χ1n) is 6.78. The number of hydrogen-bond donors (Lipinski definition) is 1. The largest absolute Gasteiger partial charge is 0.378 e. The van der Waals surface area contributed by atoms with Gasteiger partial charge in [-0.05, 0) is 29.8 Å². The van der Waals surface area contributed by atoms with Gasteiger partial charge in [0.2, 0.25) is 5.91 Å². The molecule has 1 amide bonds. The molecular weight excluding hydrogens is 296 g/mol. The number of hydrogen-bond acceptors (Lipinski definition) is 5. The van der Waals surface area contributed by atoms with Gasteiger partial charge in [-0.25, -0.2) is 10.4 Å². The van der Waals surface area contributed by atoms with Crippen molar-refractivity contribution in [1.29, 1.82) is 0 Å². The Morgan fingerprint density at radius 2 is 2.05 bits per heavy atom. The topological polar surface area (TPSA) is 57.6 Å². The lowest BCUT2D eigenvalue weighted by atomic mass is 10.2. The molecule has 0 unspecified atom stereocenters. The minimum Gasteiger partial charge on any atom is -0.378 e. The van der Waals surface area contributed by atoms with Crippen molar-refractivity contribution in [2.45, 2.75) is 5.03 Å². The van der Waals surface area contributed by atoms with E-state index in [1.807, 2.05) is 61.5 Å².